The zero-order valence-corrected chi connectivity index (χ0v) is 35.2. The zero-order chi connectivity index (χ0) is 42.3. The van der Waals surface area contributed by atoms with Gasteiger partial charge in [-0.25, -0.2) is 0 Å². The highest BCUT2D eigenvalue weighted by molar-refractivity contribution is 5.96. The van der Waals surface area contributed by atoms with Gasteiger partial charge in [-0.05, 0) is 87.5 Å². The SMILES string of the molecule is CC(C)(C)OC(=O)CCC(CO)NC(=O)C1CCCN1C(=O)C12CC3OC(=O)C1N(Cc1ccc(C=CC4CCC5OC5C4)cc1)OC2C1OC2(Cc4ccccc4C2)OC31. The normalized spacial score (nSPS) is 34.8. The van der Waals surface area contributed by atoms with Gasteiger partial charge in [-0.3, -0.25) is 24.0 Å². The molecule has 2 amide bonds. The van der Waals surface area contributed by atoms with Crippen LogP contribution in [0, 0.1) is 11.3 Å². The molecule has 10 rings (SSSR count). The van der Waals surface area contributed by atoms with E-state index in [0.29, 0.717) is 50.4 Å². The fourth-order valence-electron chi connectivity index (χ4n) is 11.3. The van der Waals surface area contributed by atoms with E-state index < -0.39 is 77.2 Å². The molecule has 7 fully saturated rings. The van der Waals surface area contributed by atoms with Crippen molar-refractivity contribution in [2.75, 3.05) is 13.2 Å². The van der Waals surface area contributed by atoms with E-state index in [0.717, 1.165) is 41.5 Å². The summed E-state index contributed by atoms with van der Waals surface area (Å²) in [5.74, 6) is -2.28. The Morgan fingerprint density at radius 3 is 2.46 bits per heavy atom. The van der Waals surface area contributed by atoms with Gasteiger partial charge in [0.15, 0.2) is 11.8 Å². The van der Waals surface area contributed by atoms with Crippen LogP contribution >= 0.6 is 0 Å². The van der Waals surface area contributed by atoms with Crippen molar-refractivity contribution in [3.8, 4) is 0 Å². The average Bonchev–Trinajstić information content (AvgIpc) is 3.55. The number of esters is 2. The maximum atomic E-state index is 15.5. The van der Waals surface area contributed by atoms with Gasteiger partial charge >= 0.3 is 11.9 Å². The van der Waals surface area contributed by atoms with Gasteiger partial charge in [0, 0.05) is 32.2 Å². The first-order valence-corrected chi connectivity index (χ1v) is 22.2. The van der Waals surface area contributed by atoms with Crippen molar-refractivity contribution in [3.05, 3.63) is 76.9 Å². The first-order valence-electron chi connectivity index (χ1n) is 22.2. The maximum Gasteiger partial charge on any atom is 0.327 e. The summed E-state index contributed by atoms with van der Waals surface area (Å²) in [7, 11) is 0. The molecule has 5 heterocycles. The third-order valence-corrected chi connectivity index (χ3v) is 14.1. The molecule has 2 bridgehead atoms. The third-order valence-electron chi connectivity index (χ3n) is 14.1. The average molecular weight is 840 g/mol. The topological polar surface area (TPSA) is 166 Å². The number of hydroxylamine groups is 2. The lowest BCUT2D eigenvalue weighted by Crippen LogP contribution is -2.70. The van der Waals surface area contributed by atoms with Gasteiger partial charge < -0.3 is 39.0 Å². The highest BCUT2D eigenvalue weighted by atomic mass is 16.8. The fraction of sp³-hybridized carbons (Fsp3) is 0.617. The molecule has 11 atom stereocenters. The van der Waals surface area contributed by atoms with Crippen molar-refractivity contribution in [1.29, 1.82) is 0 Å². The lowest BCUT2D eigenvalue weighted by Gasteiger charge is -2.50. The predicted molar refractivity (Wildman–Crippen MR) is 218 cm³/mol. The molecule has 14 nitrogen and oxygen atoms in total. The van der Waals surface area contributed by atoms with Gasteiger partial charge in [-0.1, -0.05) is 60.7 Å². The lowest BCUT2D eigenvalue weighted by molar-refractivity contribution is -0.218. The van der Waals surface area contributed by atoms with E-state index in [1.54, 1.807) is 30.7 Å². The Labute approximate surface area is 356 Å². The van der Waals surface area contributed by atoms with E-state index in [2.05, 4.69) is 41.7 Å². The minimum Gasteiger partial charge on any atom is -0.460 e. The lowest BCUT2D eigenvalue weighted by atomic mass is 9.62. The molecule has 2 saturated carbocycles. The summed E-state index contributed by atoms with van der Waals surface area (Å²) in [6.07, 6.45) is 7.89. The number of benzene rings is 2. The van der Waals surface area contributed by atoms with Crippen LogP contribution in [0.25, 0.3) is 6.08 Å². The van der Waals surface area contributed by atoms with E-state index in [9.17, 15) is 19.5 Å². The highest BCUT2D eigenvalue weighted by Crippen LogP contribution is 2.59. The molecule has 326 valence electrons. The van der Waals surface area contributed by atoms with Crippen molar-refractivity contribution < 1.29 is 52.8 Å². The first kappa shape index (κ1) is 40.9. The van der Waals surface area contributed by atoms with Gasteiger partial charge in [-0.2, -0.15) is 5.06 Å². The molecule has 1 spiro atoms. The Kier molecular flexibility index (Phi) is 10.4. The number of hydrogen-bond acceptors (Lipinski definition) is 12. The van der Waals surface area contributed by atoms with Crippen molar-refractivity contribution in [2.24, 2.45) is 11.3 Å². The van der Waals surface area contributed by atoms with E-state index in [4.69, 9.17) is 28.5 Å². The number of ether oxygens (including phenoxy) is 5. The number of nitrogens with zero attached hydrogens (tertiary/aromatic N) is 2. The first-order chi connectivity index (χ1) is 29.3. The number of hydrogen-bond donors (Lipinski definition) is 2. The molecule has 0 radical (unpaired) electrons. The van der Waals surface area contributed by atoms with Crippen molar-refractivity contribution in [3.63, 3.8) is 0 Å². The minimum absolute atomic E-state index is 0.00683. The van der Waals surface area contributed by atoms with Gasteiger partial charge in [-0.15, -0.1) is 0 Å². The fourth-order valence-corrected chi connectivity index (χ4v) is 11.3. The van der Waals surface area contributed by atoms with Crippen LogP contribution in [-0.4, -0.2) is 118 Å². The number of allylic oxidation sites excluding steroid dienone is 1. The summed E-state index contributed by atoms with van der Waals surface area (Å²) in [5.41, 5.74) is 2.11. The summed E-state index contributed by atoms with van der Waals surface area (Å²) in [4.78, 5) is 64.9. The molecule has 2 aromatic carbocycles. The Morgan fingerprint density at radius 1 is 0.984 bits per heavy atom. The molecule has 8 aliphatic rings. The molecule has 2 aromatic rings. The second-order valence-electron chi connectivity index (χ2n) is 19.5. The van der Waals surface area contributed by atoms with Crippen LogP contribution < -0.4 is 5.32 Å². The Hall–Kier alpha value is -4.18. The second-order valence-corrected chi connectivity index (χ2v) is 19.5. The molecule has 0 aromatic heterocycles. The number of rotatable bonds is 11. The molecule has 61 heavy (non-hydrogen) atoms. The number of carbonyl (C=O) groups excluding carboxylic acids is 4. The number of nitrogens with one attached hydrogen (secondary N) is 1. The number of aliphatic hydroxyl groups is 1. The summed E-state index contributed by atoms with van der Waals surface area (Å²) in [6, 6.07) is 13.6. The Bertz CT molecular complexity index is 2060. The highest BCUT2D eigenvalue weighted by Gasteiger charge is 2.77. The van der Waals surface area contributed by atoms with Gasteiger partial charge in [0.05, 0.1) is 31.4 Å². The number of fused-ring (bicyclic) bond motifs is 6. The Morgan fingerprint density at radius 2 is 1.74 bits per heavy atom. The summed E-state index contributed by atoms with van der Waals surface area (Å²) in [6.45, 7) is 5.46. The zero-order valence-electron chi connectivity index (χ0n) is 35.2. The summed E-state index contributed by atoms with van der Waals surface area (Å²) in [5, 5.41) is 14.7. The quantitative estimate of drug-likeness (QED) is 0.248. The van der Waals surface area contributed by atoms with Gasteiger partial charge in [0.2, 0.25) is 11.8 Å². The number of epoxide rings is 1. The van der Waals surface area contributed by atoms with Crippen LogP contribution in [0.4, 0.5) is 0 Å². The van der Waals surface area contributed by atoms with Crippen LogP contribution in [0.2, 0.25) is 0 Å². The molecule has 5 aliphatic heterocycles. The van der Waals surface area contributed by atoms with E-state index >= 15 is 4.79 Å². The van der Waals surface area contributed by atoms with Crippen LogP contribution in [0.3, 0.4) is 0 Å². The molecular formula is C47H57N3O11. The molecule has 5 saturated heterocycles. The van der Waals surface area contributed by atoms with Gasteiger partial charge in [0.25, 0.3) is 0 Å². The number of aliphatic hydroxyl groups excluding tert-OH is 1. The summed E-state index contributed by atoms with van der Waals surface area (Å²) >= 11 is 0. The van der Waals surface area contributed by atoms with Crippen LogP contribution in [0.15, 0.2) is 54.6 Å². The molecule has 11 unspecified atom stereocenters. The standard InChI is InChI=1S/C47H57N3O11/c1-45(2,3)58-37(52)19-17-32(26-51)48-42(53)33-9-6-20-49(33)44(55)47-24-36-38-39(60-46(59-38)22-30-7-4-5-8-31(30)23-46)41(47)61-50(40(47)43(54)57-36)25-29-14-11-27(12-15-29)10-13-28-16-18-34-35(21-28)56-34/h4-5,7-8,10-15,28,32-36,38-41,51H,6,9,16-26H2,1-3H3,(H,48,53). The van der Waals surface area contributed by atoms with E-state index in [1.807, 2.05) is 24.3 Å². The molecule has 14 heteroatoms. The molecular weight excluding hydrogens is 783 g/mol. The molecule has 3 aliphatic carbocycles. The number of carbonyl (C=O) groups is 4. The third kappa shape index (κ3) is 7.60. The monoisotopic (exact) mass is 839 g/mol. The van der Waals surface area contributed by atoms with Crippen molar-refractivity contribution in [2.45, 2.75) is 158 Å². The maximum absolute atomic E-state index is 15.5. The van der Waals surface area contributed by atoms with Crippen molar-refractivity contribution >= 4 is 29.8 Å². The minimum atomic E-state index is -1.44. The van der Waals surface area contributed by atoms with Crippen LogP contribution in [0.1, 0.15) is 94.4 Å². The second kappa shape index (κ2) is 15.6. The molecule has 2 N–H and O–H groups in total. The number of amides is 2. The predicted octanol–water partition coefficient (Wildman–Crippen LogP) is 3.94. The smallest absolute Gasteiger partial charge is 0.327 e. The van der Waals surface area contributed by atoms with E-state index in [-0.39, 0.29) is 38.3 Å². The summed E-state index contributed by atoms with van der Waals surface area (Å²) < 4.78 is 31.1. The number of likely N-dealkylation sites (tertiary alicyclic amines) is 1. The van der Waals surface area contributed by atoms with Crippen LogP contribution in [-0.2, 0) is 67.1 Å². The Balaban J connectivity index is 0.909. The largest absolute Gasteiger partial charge is 0.460 e. The van der Waals surface area contributed by atoms with E-state index in [1.165, 1.54) is 0 Å². The van der Waals surface area contributed by atoms with Crippen molar-refractivity contribution in [1.82, 2.24) is 15.3 Å². The van der Waals surface area contributed by atoms with Crippen LogP contribution in [0.5, 0.6) is 0 Å². The van der Waals surface area contributed by atoms with Gasteiger partial charge in [0.1, 0.15) is 41.5 Å².